The van der Waals surface area contributed by atoms with Crippen LogP contribution in [0.3, 0.4) is 0 Å². The van der Waals surface area contributed by atoms with Crippen LogP contribution in [0.25, 0.3) is 0 Å². The average Bonchev–Trinajstić information content (AvgIpc) is 2.76. The molecule has 2 aromatic rings. The van der Waals surface area contributed by atoms with E-state index < -0.39 is 4.92 Å². The average molecular weight is 222 g/mol. The van der Waals surface area contributed by atoms with E-state index in [1.165, 1.54) is 10.9 Å². The predicted molar refractivity (Wildman–Crippen MR) is 54.0 cm³/mol. The normalized spacial score (nSPS) is 10.6. The molecule has 0 N–H and O–H groups in total. The Balaban J connectivity index is 2.25. The lowest BCUT2D eigenvalue weighted by Gasteiger charge is -1.98. The summed E-state index contributed by atoms with van der Waals surface area (Å²) < 4.78 is 6.43. The maximum Gasteiger partial charge on any atom is 0.309 e. The van der Waals surface area contributed by atoms with Crippen LogP contribution in [-0.4, -0.2) is 19.9 Å². The smallest absolute Gasteiger partial charge is 0.309 e. The molecular weight excluding hydrogens is 212 g/mol. The van der Waals surface area contributed by atoms with Gasteiger partial charge in [0.05, 0.1) is 11.5 Å². The second-order valence-electron chi connectivity index (χ2n) is 3.46. The molecule has 0 atom stereocenters. The number of hydrogen-bond acceptors (Lipinski definition) is 5. The highest BCUT2D eigenvalue weighted by atomic mass is 16.6. The number of rotatable bonds is 3. The molecule has 0 aliphatic rings. The molecule has 0 fully saturated rings. The van der Waals surface area contributed by atoms with Gasteiger partial charge in [-0.15, -0.1) is 0 Å². The maximum atomic E-state index is 10.6. The van der Waals surface area contributed by atoms with Gasteiger partial charge in [-0.3, -0.25) is 14.8 Å². The summed E-state index contributed by atoms with van der Waals surface area (Å²) in [6.45, 7) is 3.81. The minimum atomic E-state index is -0.452. The first-order valence-electron chi connectivity index (χ1n) is 4.67. The first-order chi connectivity index (χ1) is 7.58. The lowest BCUT2D eigenvalue weighted by molar-refractivity contribution is -0.385. The van der Waals surface area contributed by atoms with Crippen molar-refractivity contribution in [3.05, 3.63) is 39.5 Å². The lowest BCUT2D eigenvalue weighted by atomic mass is 10.3. The van der Waals surface area contributed by atoms with E-state index in [2.05, 4.69) is 10.3 Å². The fraction of sp³-hybridized carbons (Fsp3) is 0.333. The van der Waals surface area contributed by atoms with Crippen molar-refractivity contribution in [2.24, 2.45) is 0 Å². The molecule has 16 heavy (non-hydrogen) atoms. The van der Waals surface area contributed by atoms with Crippen LogP contribution in [0, 0.1) is 24.0 Å². The summed E-state index contributed by atoms with van der Waals surface area (Å²) in [5.74, 6) is 0.703. The summed E-state index contributed by atoms with van der Waals surface area (Å²) in [5.41, 5.74) is 1.21. The molecule has 0 amide bonds. The molecule has 2 rings (SSSR count). The van der Waals surface area contributed by atoms with Gasteiger partial charge in [-0.1, -0.05) is 5.16 Å². The van der Waals surface area contributed by atoms with Crippen molar-refractivity contribution < 1.29 is 9.45 Å². The first kappa shape index (κ1) is 10.3. The Hall–Kier alpha value is -2.18. The van der Waals surface area contributed by atoms with Crippen LogP contribution in [0.1, 0.15) is 17.1 Å². The summed E-state index contributed by atoms with van der Waals surface area (Å²) in [7, 11) is 0. The Bertz CT molecular complexity index is 529. The Morgan fingerprint density at radius 1 is 1.56 bits per heavy atom. The number of nitro groups is 1. The van der Waals surface area contributed by atoms with Gasteiger partial charge in [-0.25, -0.2) is 0 Å². The number of hydrogen-bond donors (Lipinski definition) is 0. The molecule has 0 saturated carbocycles. The van der Waals surface area contributed by atoms with E-state index in [-0.39, 0.29) is 5.69 Å². The van der Waals surface area contributed by atoms with E-state index in [1.54, 1.807) is 19.9 Å². The summed E-state index contributed by atoms with van der Waals surface area (Å²) in [4.78, 5) is 10.2. The van der Waals surface area contributed by atoms with Gasteiger partial charge in [0, 0.05) is 6.07 Å². The van der Waals surface area contributed by atoms with Gasteiger partial charge in [0.1, 0.15) is 23.3 Å². The molecule has 0 radical (unpaired) electrons. The molecule has 0 aromatic carbocycles. The molecule has 7 nitrogen and oxygen atoms in total. The van der Waals surface area contributed by atoms with Crippen molar-refractivity contribution in [2.45, 2.75) is 20.4 Å². The maximum absolute atomic E-state index is 10.6. The fourth-order valence-electron chi connectivity index (χ4n) is 1.42. The van der Waals surface area contributed by atoms with Crippen molar-refractivity contribution >= 4 is 5.69 Å². The highest BCUT2D eigenvalue weighted by Gasteiger charge is 2.16. The topological polar surface area (TPSA) is 87.0 Å². The Morgan fingerprint density at radius 2 is 2.31 bits per heavy atom. The van der Waals surface area contributed by atoms with Gasteiger partial charge in [-0.05, 0) is 13.8 Å². The quantitative estimate of drug-likeness (QED) is 0.579. The minimum absolute atomic E-state index is 0.0141. The van der Waals surface area contributed by atoms with Crippen LogP contribution in [0.5, 0.6) is 0 Å². The molecular formula is C9H10N4O3. The molecule has 7 heteroatoms. The third-order valence-electron chi connectivity index (χ3n) is 2.26. The van der Waals surface area contributed by atoms with Crippen LogP contribution in [0.4, 0.5) is 5.69 Å². The van der Waals surface area contributed by atoms with Gasteiger partial charge in [0.2, 0.25) is 0 Å². The van der Waals surface area contributed by atoms with Gasteiger partial charge < -0.3 is 4.52 Å². The van der Waals surface area contributed by atoms with E-state index in [0.717, 1.165) is 0 Å². The lowest BCUT2D eigenvalue weighted by Crippen LogP contribution is -2.04. The Morgan fingerprint density at radius 3 is 2.81 bits per heavy atom. The third-order valence-corrected chi connectivity index (χ3v) is 2.26. The van der Waals surface area contributed by atoms with Crippen LogP contribution in [0.2, 0.25) is 0 Å². The molecule has 0 aliphatic carbocycles. The van der Waals surface area contributed by atoms with Crippen LogP contribution >= 0.6 is 0 Å². The summed E-state index contributed by atoms with van der Waals surface area (Å²) in [6, 6.07) is 1.77. The van der Waals surface area contributed by atoms with Gasteiger partial charge in [0.25, 0.3) is 0 Å². The van der Waals surface area contributed by atoms with E-state index in [4.69, 9.17) is 4.52 Å². The molecule has 2 aromatic heterocycles. The van der Waals surface area contributed by atoms with Crippen molar-refractivity contribution in [1.29, 1.82) is 0 Å². The zero-order valence-corrected chi connectivity index (χ0v) is 8.88. The minimum Gasteiger partial charge on any atom is -0.361 e. The van der Waals surface area contributed by atoms with E-state index in [0.29, 0.717) is 23.7 Å². The van der Waals surface area contributed by atoms with Crippen LogP contribution in [-0.2, 0) is 6.54 Å². The summed E-state index contributed by atoms with van der Waals surface area (Å²) in [5, 5.41) is 18.3. The standard InChI is InChI=1S/C9H10N4O3/c1-6-3-8(11-16-6)5-12-7(2)9(4-10-12)13(14)15/h3-4H,5H2,1-2H3. The second-order valence-corrected chi connectivity index (χ2v) is 3.46. The fourth-order valence-corrected chi connectivity index (χ4v) is 1.42. The molecule has 0 unspecified atom stereocenters. The Labute approximate surface area is 90.8 Å². The summed E-state index contributed by atoms with van der Waals surface area (Å²) in [6.07, 6.45) is 1.24. The highest BCUT2D eigenvalue weighted by molar-refractivity contribution is 5.31. The molecule has 0 aliphatic heterocycles. The van der Waals surface area contributed by atoms with E-state index in [9.17, 15) is 10.1 Å². The second kappa shape index (κ2) is 3.76. The molecule has 0 spiro atoms. The molecule has 2 heterocycles. The zero-order valence-electron chi connectivity index (χ0n) is 8.88. The van der Waals surface area contributed by atoms with Crippen molar-refractivity contribution in [2.75, 3.05) is 0 Å². The highest BCUT2D eigenvalue weighted by Crippen LogP contribution is 2.17. The van der Waals surface area contributed by atoms with Gasteiger partial charge in [-0.2, -0.15) is 5.10 Å². The largest absolute Gasteiger partial charge is 0.361 e. The SMILES string of the molecule is Cc1cc(Cn2ncc([N+](=O)[O-])c2C)no1. The van der Waals surface area contributed by atoms with E-state index in [1.807, 2.05) is 0 Å². The predicted octanol–water partition coefficient (Wildman–Crippen LogP) is 1.44. The van der Waals surface area contributed by atoms with Gasteiger partial charge in [0.15, 0.2) is 0 Å². The van der Waals surface area contributed by atoms with Crippen molar-refractivity contribution in [3.8, 4) is 0 Å². The van der Waals surface area contributed by atoms with Crippen molar-refractivity contribution in [3.63, 3.8) is 0 Å². The van der Waals surface area contributed by atoms with E-state index >= 15 is 0 Å². The van der Waals surface area contributed by atoms with Gasteiger partial charge >= 0.3 is 5.69 Å². The van der Waals surface area contributed by atoms with Crippen LogP contribution < -0.4 is 0 Å². The third kappa shape index (κ3) is 1.79. The molecule has 0 saturated heterocycles. The molecule has 84 valence electrons. The van der Waals surface area contributed by atoms with Crippen molar-refractivity contribution in [1.82, 2.24) is 14.9 Å². The zero-order chi connectivity index (χ0) is 11.7. The number of aromatic nitrogens is 3. The van der Waals surface area contributed by atoms with Crippen LogP contribution in [0.15, 0.2) is 16.8 Å². The monoisotopic (exact) mass is 222 g/mol. The summed E-state index contributed by atoms with van der Waals surface area (Å²) >= 11 is 0. The number of nitrogens with zero attached hydrogens (tertiary/aromatic N) is 4. The first-order valence-corrected chi connectivity index (χ1v) is 4.67. The molecule has 0 bridgehead atoms. The Kier molecular flexibility index (Phi) is 2.43. The number of aryl methyl sites for hydroxylation is 1.